The second-order valence-corrected chi connectivity index (χ2v) is 5.14. The first-order valence-electron chi connectivity index (χ1n) is 6.44. The maximum atomic E-state index is 9.95. The minimum Gasteiger partial charge on any atom is -0.506 e. The lowest BCUT2D eigenvalue weighted by Crippen LogP contribution is -2.32. The third-order valence-corrected chi connectivity index (χ3v) is 4.07. The highest BCUT2D eigenvalue weighted by Crippen LogP contribution is 2.37. The van der Waals surface area contributed by atoms with Crippen LogP contribution in [0.25, 0.3) is 5.69 Å². The predicted molar refractivity (Wildman–Crippen MR) is 67.8 cm³/mol. The number of rotatable bonds is 1. The molecule has 2 bridgehead atoms. The molecule has 4 rings (SSSR count). The van der Waals surface area contributed by atoms with Crippen molar-refractivity contribution in [2.75, 3.05) is 0 Å². The number of benzene rings is 1. The highest BCUT2D eigenvalue weighted by molar-refractivity contribution is 5.47. The summed E-state index contributed by atoms with van der Waals surface area (Å²) in [5.74, 6) is 0.286. The Balaban J connectivity index is 1.87. The molecule has 1 aromatic carbocycles. The molecule has 2 aliphatic rings. The molecular formula is C14H15N3O. The Hall–Kier alpha value is -1.81. The number of nitrogens with one attached hydrogen (secondary N) is 1. The molecule has 0 aliphatic carbocycles. The van der Waals surface area contributed by atoms with E-state index in [1.807, 2.05) is 29.1 Å². The summed E-state index contributed by atoms with van der Waals surface area (Å²) >= 11 is 0. The number of fused-ring (bicyclic) bond motifs is 4. The fourth-order valence-corrected chi connectivity index (χ4v) is 3.19. The second kappa shape index (κ2) is 3.59. The van der Waals surface area contributed by atoms with Gasteiger partial charge in [-0.3, -0.25) is 0 Å². The maximum Gasteiger partial charge on any atom is 0.141 e. The first-order valence-corrected chi connectivity index (χ1v) is 6.44. The van der Waals surface area contributed by atoms with Gasteiger partial charge in [-0.1, -0.05) is 12.1 Å². The van der Waals surface area contributed by atoms with Crippen molar-refractivity contribution < 1.29 is 5.11 Å². The summed E-state index contributed by atoms with van der Waals surface area (Å²) in [6.07, 6.45) is 5.38. The van der Waals surface area contributed by atoms with Gasteiger partial charge in [0.1, 0.15) is 11.4 Å². The minimum absolute atomic E-state index is 0.286. The molecule has 0 spiro atoms. The molecule has 18 heavy (non-hydrogen) atoms. The summed E-state index contributed by atoms with van der Waals surface area (Å²) in [4.78, 5) is 0. The van der Waals surface area contributed by atoms with E-state index in [1.54, 1.807) is 6.07 Å². The number of phenolic OH excluding ortho intramolecular Hbond substituents is 1. The molecule has 0 saturated carbocycles. The average molecular weight is 241 g/mol. The summed E-state index contributed by atoms with van der Waals surface area (Å²) in [6, 6.07) is 8.41. The lowest BCUT2D eigenvalue weighted by Gasteiger charge is -2.22. The topological polar surface area (TPSA) is 50.1 Å². The van der Waals surface area contributed by atoms with Crippen LogP contribution in [-0.2, 0) is 6.42 Å². The lowest BCUT2D eigenvalue weighted by molar-refractivity contribution is 0.466. The van der Waals surface area contributed by atoms with E-state index in [2.05, 4.69) is 10.4 Å². The van der Waals surface area contributed by atoms with Crippen LogP contribution in [0.5, 0.6) is 5.75 Å². The van der Waals surface area contributed by atoms with Crippen molar-refractivity contribution in [3.05, 3.63) is 41.7 Å². The molecule has 3 heterocycles. The van der Waals surface area contributed by atoms with Crippen molar-refractivity contribution in [1.29, 1.82) is 0 Å². The Morgan fingerprint density at radius 1 is 1.28 bits per heavy atom. The number of hydrogen-bond acceptors (Lipinski definition) is 3. The van der Waals surface area contributed by atoms with E-state index in [1.165, 1.54) is 24.1 Å². The van der Waals surface area contributed by atoms with Crippen LogP contribution in [0.2, 0.25) is 0 Å². The van der Waals surface area contributed by atoms with Gasteiger partial charge < -0.3 is 10.4 Å². The van der Waals surface area contributed by atoms with Gasteiger partial charge in [0, 0.05) is 24.1 Å². The van der Waals surface area contributed by atoms with Crippen LogP contribution in [0, 0.1) is 0 Å². The summed E-state index contributed by atoms with van der Waals surface area (Å²) in [5, 5.41) is 18.0. The normalized spacial score (nSPS) is 25.1. The Bertz CT molecular complexity index is 605. The third kappa shape index (κ3) is 1.32. The van der Waals surface area contributed by atoms with E-state index in [9.17, 15) is 5.11 Å². The number of aromatic nitrogens is 2. The van der Waals surface area contributed by atoms with Crippen molar-refractivity contribution in [2.45, 2.75) is 31.3 Å². The Morgan fingerprint density at radius 3 is 3.06 bits per heavy atom. The molecule has 2 aromatic rings. The van der Waals surface area contributed by atoms with Gasteiger partial charge in [0.05, 0.1) is 11.9 Å². The molecule has 1 saturated heterocycles. The minimum atomic E-state index is 0.286. The van der Waals surface area contributed by atoms with Gasteiger partial charge in [0.2, 0.25) is 0 Å². The average Bonchev–Trinajstić information content (AvgIpc) is 2.96. The summed E-state index contributed by atoms with van der Waals surface area (Å²) in [7, 11) is 0. The predicted octanol–water partition coefficient (Wildman–Crippen LogP) is 1.93. The van der Waals surface area contributed by atoms with E-state index >= 15 is 0 Å². The number of nitrogens with zero attached hydrogens (tertiary/aromatic N) is 2. The number of para-hydroxylation sites is 2. The molecule has 0 amide bonds. The van der Waals surface area contributed by atoms with E-state index in [0.717, 1.165) is 12.1 Å². The molecule has 2 aliphatic heterocycles. The van der Waals surface area contributed by atoms with Crippen LogP contribution in [0.1, 0.15) is 30.1 Å². The van der Waals surface area contributed by atoms with E-state index < -0.39 is 0 Å². The van der Waals surface area contributed by atoms with Crippen LogP contribution in [0.4, 0.5) is 0 Å². The molecule has 0 radical (unpaired) electrons. The van der Waals surface area contributed by atoms with Crippen LogP contribution in [0.3, 0.4) is 0 Å². The van der Waals surface area contributed by atoms with Gasteiger partial charge >= 0.3 is 0 Å². The smallest absolute Gasteiger partial charge is 0.141 e. The first-order chi connectivity index (χ1) is 8.83. The van der Waals surface area contributed by atoms with Gasteiger partial charge in [-0.15, -0.1) is 0 Å². The molecule has 4 heteroatoms. The fourth-order valence-electron chi connectivity index (χ4n) is 3.19. The molecule has 2 unspecified atom stereocenters. The molecule has 92 valence electrons. The monoisotopic (exact) mass is 241 g/mol. The highest BCUT2D eigenvalue weighted by Gasteiger charge is 2.35. The molecule has 2 N–H and O–H groups in total. The Morgan fingerprint density at radius 2 is 2.17 bits per heavy atom. The van der Waals surface area contributed by atoms with E-state index in [-0.39, 0.29) is 5.75 Å². The number of phenols is 1. The van der Waals surface area contributed by atoms with Gasteiger partial charge in [-0.05, 0) is 25.0 Å². The summed E-state index contributed by atoms with van der Waals surface area (Å²) in [6.45, 7) is 0. The van der Waals surface area contributed by atoms with Crippen LogP contribution in [-0.4, -0.2) is 20.9 Å². The Labute approximate surface area is 105 Å². The SMILES string of the molecule is Oc1ccccc1-n1ncc2c1CC1CCC2N1. The maximum absolute atomic E-state index is 9.95. The quantitative estimate of drug-likeness (QED) is 0.802. The molecule has 1 aromatic heterocycles. The lowest BCUT2D eigenvalue weighted by atomic mass is 10.0. The molecule has 2 atom stereocenters. The zero-order chi connectivity index (χ0) is 12.1. The standard InChI is InChI=1S/C14H15N3O/c18-14-4-2-1-3-12(14)17-13-7-9-5-6-11(16-9)10(13)8-15-17/h1-4,8-9,11,16,18H,5-7H2. The van der Waals surface area contributed by atoms with Gasteiger partial charge in [-0.2, -0.15) is 5.10 Å². The van der Waals surface area contributed by atoms with Gasteiger partial charge in [0.25, 0.3) is 0 Å². The molecule has 1 fully saturated rings. The van der Waals surface area contributed by atoms with E-state index in [4.69, 9.17) is 0 Å². The van der Waals surface area contributed by atoms with Crippen molar-refractivity contribution in [1.82, 2.24) is 15.1 Å². The number of hydrogen-bond donors (Lipinski definition) is 2. The zero-order valence-corrected chi connectivity index (χ0v) is 10.0. The summed E-state index contributed by atoms with van der Waals surface area (Å²) in [5.41, 5.74) is 3.33. The zero-order valence-electron chi connectivity index (χ0n) is 10.0. The van der Waals surface area contributed by atoms with Gasteiger partial charge in [-0.25, -0.2) is 4.68 Å². The third-order valence-electron chi connectivity index (χ3n) is 4.07. The first kappa shape index (κ1) is 10.1. The van der Waals surface area contributed by atoms with Crippen molar-refractivity contribution in [2.24, 2.45) is 0 Å². The van der Waals surface area contributed by atoms with E-state index in [0.29, 0.717) is 12.1 Å². The fraction of sp³-hybridized carbons (Fsp3) is 0.357. The largest absolute Gasteiger partial charge is 0.506 e. The van der Waals surface area contributed by atoms with Crippen molar-refractivity contribution in [3.63, 3.8) is 0 Å². The molecular weight excluding hydrogens is 226 g/mol. The van der Waals surface area contributed by atoms with Gasteiger partial charge in [0.15, 0.2) is 0 Å². The van der Waals surface area contributed by atoms with Crippen LogP contribution < -0.4 is 5.32 Å². The van der Waals surface area contributed by atoms with Crippen LogP contribution >= 0.6 is 0 Å². The van der Waals surface area contributed by atoms with Crippen LogP contribution in [0.15, 0.2) is 30.5 Å². The molecule has 4 nitrogen and oxygen atoms in total. The van der Waals surface area contributed by atoms with Crippen molar-refractivity contribution in [3.8, 4) is 11.4 Å². The summed E-state index contributed by atoms with van der Waals surface area (Å²) < 4.78 is 1.90. The second-order valence-electron chi connectivity index (χ2n) is 5.14. The number of aromatic hydroxyl groups is 1. The highest BCUT2D eigenvalue weighted by atomic mass is 16.3. The Kier molecular flexibility index (Phi) is 2.02. The van der Waals surface area contributed by atoms with Crippen molar-refractivity contribution >= 4 is 0 Å².